The minimum absolute atomic E-state index is 0. The summed E-state index contributed by atoms with van der Waals surface area (Å²) < 4.78 is 1.42. The van der Waals surface area contributed by atoms with Crippen LogP contribution < -0.4 is 4.70 Å². The number of quaternary nitrogens is 1. The van der Waals surface area contributed by atoms with Crippen LogP contribution in [0.25, 0.3) is 0 Å². The quantitative estimate of drug-likeness (QED) is 0.0566. The summed E-state index contributed by atoms with van der Waals surface area (Å²) in [5.41, 5.74) is 5.81. The van der Waals surface area contributed by atoms with Crippen LogP contribution in [-0.2, 0) is 4.79 Å². The molecular weight excluding hydrogens is 1060 g/mol. The Bertz CT molecular complexity index is 1380. The molecule has 0 aromatic rings. The van der Waals surface area contributed by atoms with E-state index in [2.05, 4.69) is 153 Å². The molecule has 5 fully saturated rings. The lowest BCUT2D eigenvalue weighted by Crippen LogP contribution is -3.00. The van der Waals surface area contributed by atoms with Gasteiger partial charge in [-0.05, 0) is 160 Å². The van der Waals surface area contributed by atoms with Crippen molar-refractivity contribution in [2.45, 2.75) is 264 Å². The van der Waals surface area contributed by atoms with Gasteiger partial charge in [0, 0.05) is 49.6 Å². The molecule has 0 aliphatic heterocycles. The zero-order chi connectivity index (χ0) is 50.2. The molecule has 0 spiro atoms. The Morgan fingerprint density at radius 3 is 1.41 bits per heavy atom. The van der Waals surface area contributed by atoms with E-state index in [1.807, 2.05) is 0 Å². The summed E-state index contributed by atoms with van der Waals surface area (Å²) in [6.07, 6.45) is 39.8. The fourth-order valence-corrected chi connectivity index (χ4v) is 14.8. The molecule has 0 saturated heterocycles. The van der Waals surface area contributed by atoms with Gasteiger partial charge in [0.05, 0.1) is 26.2 Å². The molecule has 5 rings (SSSR count). The molecule has 2 nitrogen and oxygen atoms in total. The van der Waals surface area contributed by atoms with Crippen molar-refractivity contribution in [1.82, 2.24) is 0 Å². The molecular formula is C63H116FI2NO. The maximum atomic E-state index is 12.2. The predicted molar refractivity (Wildman–Crippen MR) is 317 cm³/mol. The number of halogens is 3. The number of unbranched alkanes of at least 4 members (excludes halogenated alkanes) is 4. The second-order valence-electron chi connectivity index (χ2n) is 25.3. The molecule has 5 aliphatic carbocycles. The Kier molecular flexibility index (Phi) is 33.8. The number of nitrogens with zero attached hydrogens (tertiary/aromatic N) is 1. The number of allylic oxidation sites excluding steroid dienone is 5. The van der Waals surface area contributed by atoms with Crippen molar-refractivity contribution < 1.29 is 14.0 Å². The maximum Gasteiger partial charge on any atom is 0.136 e. The second-order valence-corrected chi connectivity index (χ2v) is 25.3. The van der Waals surface area contributed by atoms with Gasteiger partial charge < -0.3 is 9.19 Å². The summed E-state index contributed by atoms with van der Waals surface area (Å²) in [5.74, 6) is 8.26. The van der Waals surface area contributed by atoms with Crippen LogP contribution in [0.2, 0.25) is 0 Å². The molecule has 10 atom stereocenters. The standard InChI is InChI=1S/C29H48.C18H32O.C16H36N.FH.I2/c1-20(2)10-8-11-21(3)27-15-16-28-26(12-9-17-29(27,28)7)14-13-25-18-22(4)24(6)23(5)19-25;1-13(2)7-5-8-14(3)15-10-11-16-17(19)9-6-12-18(15,16)4;1-5-9-13-17(14-10-6-2,15-11-7-3)16-12-8-4;;1-2/h13-14,20-23,27-28H,6,8-12,15-19H2,1-5,7H3;13-16H,5-12H2,1-4H3;5-16H2,1-4H3;1H;/q;;+1;;/p-1/b26-14+;;;;/t21-,22+,23+,27+,28-,29+;14-,15+,16-,18+;;;/m00.../s1. The van der Waals surface area contributed by atoms with Crippen LogP contribution in [0.4, 0.5) is 0 Å². The molecule has 5 saturated carbocycles. The largest absolute Gasteiger partial charge is 1.00 e. The van der Waals surface area contributed by atoms with E-state index in [-0.39, 0.29) is 4.70 Å². The lowest BCUT2D eigenvalue weighted by Gasteiger charge is -2.44. The fraction of sp³-hybridized carbons (Fsp3) is 0.889. The highest BCUT2D eigenvalue weighted by molar-refractivity contribution is 15.0. The molecule has 0 bridgehead atoms. The van der Waals surface area contributed by atoms with E-state index >= 15 is 0 Å². The highest BCUT2D eigenvalue weighted by Crippen LogP contribution is 2.60. The monoisotopic (exact) mass is 1180 g/mol. The number of hydrogen-bond acceptors (Lipinski definition) is 1. The van der Waals surface area contributed by atoms with Crippen LogP contribution in [0.1, 0.15) is 264 Å². The van der Waals surface area contributed by atoms with Crippen molar-refractivity contribution >= 4 is 43.0 Å². The van der Waals surface area contributed by atoms with Gasteiger partial charge in [-0.15, -0.1) is 0 Å². The zero-order valence-corrected chi connectivity index (χ0v) is 52.2. The smallest absolute Gasteiger partial charge is 0.136 e. The summed E-state index contributed by atoms with van der Waals surface area (Å²) in [5, 5.41) is 0. The molecule has 0 radical (unpaired) electrons. The van der Waals surface area contributed by atoms with E-state index in [0.717, 1.165) is 54.3 Å². The molecule has 68 heavy (non-hydrogen) atoms. The van der Waals surface area contributed by atoms with E-state index < -0.39 is 0 Å². The molecule has 0 aromatic carbocycles. The van der Waals surface area contributed by atoms with E-state index in [4.69, 9.17) is 0 Å². The number of fused-ring (bicyclic) bond motifs is 2. The number of Topliss-reactive ketones (excluding diaryl/α,β-unsaturated/α-hetero) is 1. The normalized spacial score (nSPS) is 29.4. The van der Waals surface area contributed by atoms with Crippen molar-refractivity contribution in [3.8, 4) is 0 Å². The van der Waals surface area contributed by atoms with Gasteiger partial charge in [0.1, 0.15) is 5.78 Å². The SMILES string of the molecule is C=C1[C@H](C)CC(=C/C=C2\CCC[C@]3(C)[C@@H]([C@@H](C)CCCC(C)C)CC[C@@H]23)C[C@H]1C.CC(C)CCC[C@H](C)[C@H]1CC[C@H]2C(=O)CCC[C@]12C.CCCC[N+](CCCC)(CCCC)CCCC.II.[F-]. The van der Waals surface area contributed by atoms with Crippen LogP contribution in [-0.4, -0.2) is 36.4 Å². The van der Waals surface area contributed by atoms with Gasteiger partial charge in [0.15, 0.2) is 0 Å². The number of rotatable bonds is 23. The summed E-state index contributed by atoms with van der Waals surface area (Å²) >= 11 is 4.24. The maximum absolute atomic E-state index is 12.2. The van der Waals surface area contributed by atoms with Crippen LogP contribution >= 0.6 is 37.2 Å². The van der Waals surface area contributed by atoms with Gasteiger partial charge in [-0.3, -0.25) is 4.79 Å². The number of carbonyl (C=O) groups excluding carboxylic acids is 1. The Morgan fingerprint density at radius 1 is 0.603 bits per heavy atom. The van der Waals surface area contributed by atoms with Crippen LogP contribution in [0, 0.1) is 70.0 Å². The van der Waals surface area contributed by atoms with Gasteiger partial charge >= 0.3 is 0 Å². The molecule has 5 heteroatoms. The summed E-state index contributed by atoms with van der Waals surface area (Å²) in [7, 11) is 0. The van der Waals surface area contributed by atoms with Crippen molar-refractivity contribution in [2.24, 2.45) is 70.0 Å². The first-order valence-corrected chi connectivity index (χ1v) is 35.8. The minimum Gasteiger partial charge on any atom is -1.00 e. The second kappa shape index (κ2) is 34.7. The van der Waals surface area contributed by atoms with Gasteiger partial charge in [-0.2, -0.15) is 0 Å². The van der Waals surface area contributed by atoms with E-state index in [9.17, 15) is 4.79 Å². The number of ketones is 1. The number of hydrogen-bond donors (Lipinski definition) is 0. The van der Waals surface area contributed by atoms with Crippen molar-refractivity contribution in [1.29, 1.82) is 0 Å². The minimum atomic E-state index is 0. The van der Waals surface area contributed by atoms with E-state index in [0.29, 0.717) is 34.4 Å². The Hall–Kier alpha value is 0.240. The zero-order valence-electron chi connectivity index (χ0n) is 47.8. The van der Waals surface area contributed by atoms with Crippen molar-refractivity contribution in [3.05, 3.63) is 35.5 Å². The highest BCUT2D eigenvalue weighted by atomic mass is 128. The van der Waals surface area contributed by atoms with E-state index in [1.54, 1.807) is 11.1 Å². The molecule has 0 aromatic heterocycles. The Morgan fingerprint density at radius 2 is 1.00 bits per heavy atom. The molecule has 400 valence electrons. The third kappa shape index (κ3) is 20.5. The molecule has 0 unspecified atom stereocenters. The lowest BCUT2D eigenvalue weighted by molar-refractivity contribution is -0.929. The van der Waals surface area contributed by atoms with Crippen LogP contribution in [0.15, 0.2) is 35.5 Å². The first-order chi connectivity index (χ1) is 31.9. The highest BCUT2D eigenvalue weighted by Gasteiger charge is 2.52. The van der Waals surface area contributed by atoms with E-state index in [1.165, 1.54) is 190 Å². The van der Waals surface area contributed by atoms with Gasteiger partial charge in [-0.1, -0.05) is 197 Å². The lowest BCUT2D eigenvalue weighted by atomic mass is 9.60. The topological polar surface area (TPSA) is 17.1 Å². The summed E-state index contributed by atoms with van der Waals surface area (Å²) in [6.45, 7) is 43.5. The van der Waals surface area contributed by atoms with Crippen LogP contribution in [0.5, 0.6) is 0 Å². The average molecular weight is 1180 g/mol. The third-order valence-electron chi connectivity index (χ3n) is 19.1. The fourth-order valence-electron chi connectivity index (χ4n) is 14.8. The molecule has 5 aliphatic rings. The first kappa shape index (κ1) is 66.3. The van der Waals surface area contributed by atoms with Crippen molar-refractivity contribution in [3.63, 3.8) is 0 Å². The predicted octanol–water partition coefficient (Wildman–Crippen LogP) is 18.2. The Labute approximate surface area is 449 Å². The summed E-state index contributed by atoms with van der Waals surface area (Å²) in [4.78, 5) is 12.2. The first-order valence-electron chi connectivity index (χ1n) is 29.5. The van der Waals surface area contributed by atoms with Crippen molar-refractivity contribution in [2.75, 3.05) is 26.2 Å². The number of carbonyl (C=O) groups is 1. The van der Waals surface area contributed by atoms with Gasteiger partial charge in [-0.25, -0.2) is 0 Å². The molecule has 0 N–H and O–H groups in total. The van der Waals surface area contributed by atoms with Gasteiger partial charge in [0.25, 0.3) is 0 Å². The third-order valence-corrected chi connectivity index (χ3v) is 19.1. The Balaban J connectivity index is 0.000000521. The summed E-state index contributed by atoms with van der Waals surface area (Å²) in [6, 6.07) is 0. The van der Waals surface area contributed by atoms with Crippen LogP contribution in [0.3, 0.4) is 0 Å². The molecule has 0 heterocycles. The van der Waals surface area contributed by atoms with Gasteiger partial charge in [0.2, 0.25) is 0 Å². The average Bonchev–Trinajstić information content (AvgIpc) is 3.85. The molecule has 0 amide bonds.